The van der Waals surface area contributed by atoms with E-state index in [1.807, 2.05) is 12.1 Å². The normalized spacial score (nSPS) is 10.1. The highest BCUT2D eigenvalue weighted by Gasteiger charge is 2.15. The number of hydrogen-bond acceptors (Lipinski definition) is 5. The lowest BCUT2D eigenvalue weighted by atomic mass is 10.0. The summed E-state index contributed by atoms with van der Waals surface area (Å²) in [4.78, 5) is 20.4. The first-order valence-corrected chi connectivity index (χ1v) is 7.86. The molecule has 0 bridgehead atoms. The van der Waals surface area contributed by atoms with Crippen molar-refractivity contribution in [2.75, 3.05) is 24.9 Å². The number of aromatic nitrogens is 2. The summed E-state index contributed by atoms with van der Waals surface area (Å²) in [6.45, 7) is 0. The number of carbonyl (C=O) groups excluding carboxylic acids is 1. The molecule has 132 valence electrons. The molecule has 0 spiro atoms. The fourth-order valence-corrected chi connectivity index (χ4v) is 2.49. The third kappa shape index (κ3) is 3.89. The Bertz CT molecular complexity index is 886. The molecule has 0 aliphatic heterocycles. The molecule has 0 saturated carbocycles. The Hall–Kier alpha value is -3.61. The fraction of sp³-hybridized carbons (Fsp3) is 0.105. The van der Waals surface area contributed by atoms with E-state index in [0.29, 0.717) is 23.0 Å². The van der Waals surface area contributed by atoms with Gasteiger partial charge in [0, 0.05) is 41.5 Å². The summed E-state index contributed by atoms with van der Waals surface area (Å²) in [5.41, 5.74) is 2.15. The van der Waals surface area contributed by atoms with E-state index in [0.717, 1.165) is 11.1 Å². The maximum atomic E-state index is 12.2. The van der Waals surface area contributed by atoms with E-state index in [4.69, 9.17) is 9.47 Å². The number of methoxy groups -OCH3 is 2. The number of ether oxygens (including phenoxy) is 2. The number of nitrogens with one attached hydrogen (secondary N) is 2. The van der Waals surface area contributed by atoms with Crippen molar-refractivity contribution in [3.8, 4) is 22.6 Å². The maximum Gasteiger partial charge on any atom is 0.324 e. The van der Waals surface area contributed by atoms with Crippen LogP contribution in [0, 0.1) is 0 Å². The molecule has 2 amide bonds. The molecule has 7 heteroatoms. The van der Waals surface area contributed by atoms with Gasteiger partial charge < -0.3 is 14.8 Å². The van der Waals surface area contributed by atoms with Crippen molar-refractivity contribution in [1.82, 2.24) is 9.97 Å². The van der Waals surface area contributed by atoms with Gasteiger partial charge in [0.1, 0.15) is 5.82 Å². The first kappa shape index (κ1) is 17.2. The van der Waals surface area contributed by atoms with Gasteiger partial charge in [-0.3, -0.25) is 10.3 Å². The van der Waals surface area contributed by atoms with Gasteiger partial charge in [-0.15, -0.1) is 0 Å². The highest BCUT2D eigenvalue weighted by Crippen LogP contribution is 2.40. The predicted molar refractivity (Wildman–Crippen MR) is 99.7 cm³/mol. The number of amides is 2. The molecule has 0 aliphatic carbocycles. The lowest BCUT2D eigenvalue weighted by Gasteiger charge is -2.16. The van der Waals surface area contributed by atoms with Crippen LogP contribution in [0.4, 0.5) is 16.3 Å². The smallest absolute Gasteiger partial charge is 0.324 e. The van der Waals surface area contributed by atoms with E-state index >= 15 is 0 Å². The van der Waals surface area contributed by atoms with E-state index < -0.39 is 6.03 Å². The number of benzene rings is 1. The van der Waals surface area contributed by atoms with Crippen LogP contribution in [0.3, 0.4) is 0 Å². The summed E-state index contributed by atoms with van der Waals surface area (Å²) >= 11 is 0. The summed E-state index contributed by atoms with van der Waals surface area (Å²) in [5, 5.41) is 5.45. The third-order valence-corrected chi connectivity index (χ3v) is 3.62. The second-order valence-corrected chi connectivity index (χ2v) is 5.30. The van der Waals surface area contributed by atoms with Crippen LogP contribution in [0.15, 0.2) is 61.1 Å². The number of urea groups is 1. The molecule has 0 unspecified atom stereocenters. The third-order valence-electron chi connectivity index (χ3n) is 3.62. The second-order valence-electron chi connectivity index (χ2n) is 5.30. The molecule has 0 saturated heterocycles. The molecular weight excluding hydrogens is 332 g/mol. The van der Waals surface area contributed by atoms with Gasteiger partial charge in [-0.25, -0.2) is 9.78 Å². The van der Waals surface area contributed by atoms with E-state index in [1.165, 1.54) is 0 Å². The molecule has 1 aromatic carbocycles. The molecule has 26 heavy (non-hydrogen) atoms. The van der Waals surface area contributed by atoms with Crippen molar-refractivity contribution in [2.45, 2.75) is 0 Å². The highest BCUT2D eigenvalue weighted by atomic mass is 16.5. The molecular formula is C19H18N4O3. The van der Waals surface area contributed by atoms with Crippen molar-refractivity contribution in [3.63, 3.8) is 0 Å². The van der Waals surface area contributed by atoms with Crippen molar-refractivity contribution < 1.29 is 14.3 Å². The van der Waals surface area contributed by atoms with Gasteiger partial charge in [-0.1, -0.05) is 12.1 Å². The van der Waals surface area contributed by atoms with Gasteiger partial charge >= 0.3 is 6.03 Å². The van der Waals surface area contributed by atoms with Crippen LogP contribution in [-0.4, -0.2) is 30.2 Å². The summed E-state index contributed by atoms with van der Waals surface area (Å²) in [6.07, 6.45) is 5.01. The zero-order chi connectivity index (χ0) is 18.4. The zero-order valence-corrected chi connectivity index (χ0v) is 14.4. The van der Waals surface area contributed by atoms with Crippen molar-refractivity contribution >= 4 is 17.5 Å². The molecule has 3 aromatic rings. The second kappa shape index (κ2) is 7.98. The monoisotopic (exact) mass is 350 g/mol. The highest BCUT2D eigenvalue weighted by molar-refractivity contribution is 6.00. The number of pyridine rings is 2. The minimum atomic E-state index is -0.409. The Morgan fingerprint density at radius 2 is 1.88 bits per heavy atom. The minimum absolute atomic E-state index is 0.409. The fourth-order valence-electron chi connectivity index (χ4n) is 2.49. The average Bonchev–Trinajstić information content (AvgIpc) is 2.68. The largest absolute Gasteiger partial charge is 0.493 e. The van der Waals surface area contributed by atoms with Gasteiger partial charge in [-0.2, -0.15) is 0 Å². The first-order valence-electron chi connectivity index (χ1n) is 7.86. The van der Waals surface area contributed by atoms with Crippen LogP contribution in [0.25, 0.3) is 11.1 Å². The molecule has 0 aliphatic rings. The molecule has 0 fully saturated rings. The number of carbonyl (C=O) groups is 1. The molecule has 2 N–H and O–H groups in total. The summed E-state index contributed by atoms with van der Waals surface area (Å²) < 4.78 is 10.9. The minimum Gasteiger partial charge on any atom is -0.493 e. The van der Waals surface area contributed by atoms with Crippen LogP contribution < -0.4 is 20.1 Å². The van der Waals surface area contributed by atoms with E-state index in [9.17, 15) is 4.79 Å². The number of nitrogens with zero attached hydrogens (tertiary/aromatic N) is 2. The maximum absolute atomic E-state index is 12.2. The van der Waals surface area contributed by atoms with E-state index in [2.05, 4.69) is 20.6 Å². The SMILES string of the molecule is COc1cc(NC(=O)Nc2ccccn2)cc(-c2cccnc2)c1OC. The Balaban J connectivity index is 1.91. The van der Waals surface area contributed by atoms with E-state index in [-0.39, 0.29) is 0 Å². The average molecular weight is 350 g/mol. The number of rotatable bonds is 5. The van der Waals surface area contributed by atoms with Crippen molar-refractivity contribution in [3.05, 3.63) is 61.1 Å². The molecule has 2 heterocycles. The van der Waals surface area contributed by atoms with Gasteiger partial charge in [0.15, 0.2) is 11.5 Å². The van der Waals surface area contributed by atoms with Crippen LogP contribution in [0.2, 0.25) is 0 Å². The van der Waals surface area contributed by atoms with Crippen LogP contribution in [0.5, 0.6) is 11.5 Å². The first-order chi connectivity index (χ1) is 12.7. The Morgan fingerprint density at radius 3 is 2.54 bits per heavy atom. The Kier molecular flexibility index (Phi) is 5.28. The Morgan fingerprint density at radius 1 is 1.00 bits per heavy atom. The zero-order valence-electron chi connectivity index (χ0n) is 14.4. The van der Waals surface area contributed by atoms with Crippen LogP contribution in [0.1, 0.15) is 0 Å². The molecule has 7 nitrogen and oxygen atoms in total. The van der Waals surface area contributed by atoms with Crippen molar-refractivity contribution in [1.29, 1.82) is 0 Å². The van der Waals surface area contributed by atoms with Gasteiger partial charge in [0.2, 0.25) is 0 Å². The van der Waals surface area contributed by atoms with Crippen LogP contribution in [-0.2, 0) is 0 Å². The summed E-state index contributed by atoms with van der Waals surface area (Å²) in [5.74, 6) is 1.52. The van der Waals surface area contributed by atoms with Gasteiger partial charge in [0.25, 0.3) is 0 Å². The number of anilines is 2. The van der Waals surface area contributed by atoms with Gasteiger partial charge in [-0.05, 0) is 24.3 Å². The quantitative estimate of drug-likeness (QED) is 0.731. The topological polar surface area (TPSA) is 85.4 Å². The molecule has 2 aromatic heterocycles. The standard InChI is InChI=1S/C19H18N4O3/c1-25-16-11-14(22-19(24)23-17-7-3-4-9-21-17)10-15(18(16)26-2)13-6-5-8-20-12-13/h3-12H,1-2H3,(H2,21,22,23,24). The summed E-state index contributed by atoms with van der Waals surface area (Å²) in [6, 6.07) is 12.1. The molecule has 3 rings (SSSR count). The summed E-state index contributed by atoms with van der Waals surface area (Å²) in [7, 11) is 3.11. The Labute approximate surface area is 151 Å². The van der Waals surface area contributed by atoms with Gasteiger partial charge in [0.05, 0.1) is 14.2 Å². The molecule has 0 atom stereocenters. The molecule has 0 radical (unpaired) electrons. The van der Waals surface area contributed by atoms with E-state index in [1.54, 1.807) is 63.1 Å². The predicted octanol–water partition coefficient (Wildman–Crippen LogP) is 3.80. The van der Waals surface area contributed by atoms with Crippen LogP contribution >= 0.6 is 0 Å². The van der Waals surface area contributed by atoms with Crippen molar-refractivity contribution in [2.24, 2.45) is 0 Å². The number of hydrogen-bond donors (Lipinski definition) is 2. The lowest BCUT2D eigenvalue weighted by Crippen LogP contribution is -2.20. The lowest BCUT2D eigenvalue weighted by molar-refractivity contribution is 0.262.